The number of ether oxygens (including phenoxy) is 1. The van der Waals surface area contributed by atoms with Gasteiger partial charge in [0, 0.05) is 6.42 Å². The summed E-state index contributed by atoms with van der Waals surface area (Å²) in [6, 6.07) is 6.43. The van der Waals surface area contributed by atoms with Crippen molar-refractivity contribution in [2.24, 2.45) is 0 Å². The summed E-state index contributed by atoms with van der Waals surface area (Å²) in [5.41, 5.74) is 2.72. The van der Waals surface area contributed by atoms with E-state index in [9.17, 15) is 0 Å². The third kappa shape index (κ3) is 2.53. The van der Waals surface area contributed by atoms with Gasteiger partial charge in [0.05, 0.1) is 0 Å². The summed E-state index contributed by atoms with van der Waals surface area (Å²) < 4.78 is 5.90. The number of hydrogen-bond donors (Lipinski definition) is 0. The molecule has 2 rings (SSSR count). The van der Waals surface area contributed by atoms with E-state index in [4.69, 9.17) is 4.74 Å². The van der Waals surface area contributed by atoms with Crippen LogP contribution in [0.4, 0.5) is 0 Å². The van der Waals surface area contributed by atoms with Crippen molar-refractivity contribution in [2.45, 2.75) is 53.1 Å². The van der Waals surface area contributed by atoms with Crippen LogP contribution in [0.2, 0.25) is 0 Å². The summed E-state index contributed by atoms with van der Waals surface area (Å²) >= 11 is 0. The van der Waals surface area contributed by atoms with E-state index in [1.807, 2.05) is 13.8 Å². The second-order valence-electron chi connectivity index (χ2n) is 4.19. The predicted molar refractivity (Wildman–Crippen MR) is 65.6 cm³/mol. The van der Waals surface area contributed by atoms with Gasteiger partial charge in [-0.15, -0.1) is 0 Å². The molecule has 0 fully saturated rings. The first-order valence-corrected chi connectivity index (χ1v) is 5.91. The molecular formula is C14H22O. The SMILES string of the molecule is CC.CCC1(C)Cc2cc(C)ccc2O1. The second kappa shape index (κ2) is 4.69. The van der Waals surface area contributed by atoms with E-state index >= 15 is 0 Å². The minimum Gasteiger partial charge on any atom is -0.487 e. The summed E-state index contributed by atoms with van der Waals surface area (Å²) in [6.45, 7) is 10.5. The maximum Gasteiger partial charge on any atom is 0.123 e. The van der Waals surface area contributed by atoms with Crippen molar-refractivity contribution in [3.05, 3.63) is 29.3 Å². The van der Waals surface area contributed by atoms with Gasteiger partial charge < -0.3 is 4.74 Å². The highest BCUT2D eigenvalue weighted by Gasteiger charge is 2.32. The molecule has 1 heterocycles. The number of benzene rings is 1. The molecule has 1 heteroatoms. The normalized spacial score (nSPS) is 22.5. The van der Waals surface area contributed by atoms with Crippen molar-refractivity contribution < 1.29 is 4.74 Å². The molecule has 1 nitrogen and oxygen atoms in total. The van der Waals surface area contributed by atoms with Crippen molar-refractivity contribution in [1.82, 2.24) is 0 Å². The molecule has 1 aliphatic heterocycles. The molecule has 1 aliphatic rings. The average molecular weight is 206 g/mol. The highest BCUT2D eigenvalue weighted by atomic mass is 16.5. The lowest BCUT2D eigenvalue weighted by Crippen LogP contribution is -2.28. The summed E-state index contributed by atoms with van der Waals surface area (Å²) in [5, 5.41) is 0. The second-order valence-corrected chi connectivity index (χ2v) is 4.19. The van der Waals surface area contributed by atoms with Crippen LogP contribution in [0, 0.1) is 6.92 Å². The molecule has 1 unspecified atom stereocenters. The van der Waals surface area contributed by atoms with Gasteiger partial charge in [-0.05, 0) is 31.9 Å². The van der Waals surface area contributed by atoms with E-state index in [1.165, 1.54) is 11.1 Å². The Morgan fingerprint density at radius 2 is 2.00 bits per heavy atom. The monoisotopic (exact) mass is 206 g/mol. The van der Waals surface area contributed by atoms with Gasteiger partial charge in [-0.3, -0.25) is 0 Å². The maximum atomic E-state index is 5.90. The summed E-state index contributed by atoms with van der Waals surface area (Å²) in [4.78, 5) is 0. The van der Waals surface area contributed by atoms with Gasteiger partial charge in [-0.2, -0.15) is 0 Å². The third-order valence-corrected chi connectivity index (χ3v) is 2.88. The first-order valence-electron chi connectivity index (χ1n) is 5.91. The zero-order chi connectivity index (χ0) is 11.5. The van der Waals surface area contributed by atoms with Crippen LogP contribution in [0.1, 0.15) is 45.2 Å². The molecular weight excluding hydrogens is 184 g/mol. The van der Waals surface area contributed by atoms with Crippen LogP contribution in [0.5, 0.6) is 5.75 Å². The Morgan fingerprint density at radius 3 is 2.60 bits per heavy atom. The Labute approximate surface area is 93.5 Å². The molecule has 0 saturated carbocycles. The minimum absolute atomic E-state index is 0.0378. The first kappa shape index (κ1) is 12.1. The Kier molecular flexibility index (Phi) is 3.78. The lowest BCUT2D eigenvalue weighted by Gasteiger charge is -2.21. The van der Waals surface area contributed by atoms with Crippen LogP contribution in [-0.4, -0.2) is 5.60 Å². The van der Waals surface area contributed by atoms with E-state index < -0.39 is 0 Å². The third-order valence-electron chi connectivity index (χ3n) is 2.88. The van der Waals surface area contributed by atoms with Crippen molar-refractivity contribution in [2.75, 3.05) is 0 Å². The Balaban J connectivity index is 0.000000531. The predicted octanol–water partition coefficient (Wildman–Crippen LogP) is 4.12. The van der Waals surface area contributed by atoms with E-state index in [1.54, 1.807) is 0 Å². The highest BCUT2D eigenvalue weighted by molar-refractivity contribution is 5.41. The molecule has 0 spiro atoms. The quantitative estimate of drug-likeness (QED) is 0.671. The summed E-state index contributed by atoms with van der Waals surface area (Å²) in [6.07, 6.45) is 2.13. The summed E-state index contributed by atoms with van der Waals surface area (Å²) in [7, 11) is 0. The van der Waals surface area contributed by atoms with Crippen molar-refractivity contribution >= 4 is 0 Å². The zero-order valence-corrected chi connectivity index (χ0v) is 10.6. The molecule has 0 radical (unpaired) electrons. The topological polar surface area (TPSA) is 9.23 Å². The van der Waals surface area contributed by atoms with E-state index in [0.717, 1.165) is 18.6 Å². The number of fused-ring (bicyclic) bond motifs is 1. The molecule has 0 aliphatic carbocycles. The lowest BCUT2D eigenvalue weighted by molar-refractivity contribution is 0.112. The average Bonchev–Trinajstić information content (AvgIpc) is 2.58. The van der Waals surface area contributed by atoms with Gasteiger partial charge in [0.25, 0.3) is 0 Å². The molecule has 0 N–H and O–H groups in total. The molecule has 1 atom stereocenters. The van der Waals surface area contributed by atoms with E-state index in [-0.39, 0.29) is 5.60 Å². The molecule has 0 amide bonds. The van der Waals surface area contributed by atoms with Gasteiger partial charge in [0.2, 0.25) is 0 Å². The van der Waals surface area contributed by atoms with E-state index in [2.05, 4.69) is 39.0 Å². The Morgan fingerprint density at radius 1 is 1.33 bits per heavy atom. The Bertz CT molecular complexity index is 330. The van der Waals surface area contributed by atoms with Crippen LogP contribution < -0.4 is 4.74 Å². The standard InChI is InChI=1S/C12H16O.C2H6/c1-4-12(3)8-10-7-9(2)5-6-11(10)13-12;1-2/h5-7H,4,8H2,1-3H3;1-2H3. The molecule has 84 valence electrons. The minimum atomic E-state index is 0.0378. The van der Waals surface area contributed by atoms with Gasteiger partial charge >= 0.3 is 0 Å². The molecule has 0 bridgehead atoms. The Hall–Kier alpha value is -0.980. The number of hydrogen-bond acceptors (Lipinski definition) is 1. The van der Waals surface area contributed by atoms with Crippen LogP contribution in [0.3, 0.4) is 0 Å². The first-order chi connectivity index (χ1) is 7.13. The number of aryl methyl sites for hydroxylation is 1. The molecule has 0 saturated heterocycles. The largest absolute Gasteiger partial charge is 0.487 e. The zero-order valence-electron chi connectivity index (χ0n) is 10.6. The van der Waals surface area contributed by atoms with E-state index in [0.29, 0.717) is 0 Å². The molecule has 1 aromatic rings. The smallest absolute Gasteiger partial charge is 0.123 e. The molecule has 0 aromatic heterocycles. The van der Waals surface area contributed by atoms with Crippen molar-refractivity contribution in [3.8, 4) is 5.75 Å². The molecule has 1 aromatic carbocycles. The maximum absolute atomic E-state index is 5.90. The van der Waals surface area contributed by atoms with Crippen molar-refractivity contribution in [1.29, 1.82) is 0 Å². The summed E-state index contributed by atoms with van der Waals surface area (Å²) in [5.74, 6) is 1.08. The highest BCUT2D eigenvalue weighted by Crippen LogP contribution is 2.36. The van der Waals surface area contributed by atoms with Gasteiger partial charge in [-0.25, -0.2) is 0 Å². The van der Waals surface area contributed by atoms with Gasteiger partial charge in [0.15, 0.2) is 0 Å². The van der Waals surface area contributed by atoms with Gasteiger partial charge in [0.1, 0.15) is 11.4 Å². The number of rotatable bonds is 1. The fourth-order valence-electron chi connectivity index (χ4n) is 1.85. The fourth-order valence-corrected chi connectivity index (χ4v) is 1.85. The van der Waals surface area contributed by atoms with Crippen molar-refractivity contribution in [3.63, 3.8) is 0 Å². The van der Waals surface area contributed by atoms with Crippen LogP contribution >= 0.6 is 0 Å². The van der Waals surface area contributed by atoms with Crippen LogP contribution in [0.25, 0.3) is 0 Å². The van der Waals surface area contributed by atoms with Gasteiger partial charge in [-0.1, -0.05) is 38.5 Å². The van der Waals surface area contributed by atoms with Crippen LogP contribution in [-0.2, 0) is 6.42 Å². The van der Waals surface area contributed by atoms with Crippen LogP contribution in [0.15, 0.2) is 18.2 Å². The molecule has 15 heavy (non-hydrogen) atoms. The fraction of sp³-hybridized carbons (Fsp3) is 0.571. The lowest BCUT2D eigenvalue weighted by atomic mass is 9.96.